The molecule has 12 heteroatoms. The van der Waals surface area contributed by atoms with Crippen molar-refractivity contribution in [1.29, 1.82) is 5.26 Å². The van der Waals surface area contributed by atoms with Crippen molar-refractivity contribution in [2.75, 3.05) is 13.1 Å². The third kappa shape index (κ3) is 2.77. The molecule has 1 saturated heterocycles. The van der Waals surface area contributed by atoms with Gasteiger partial charge in [0.25, 0.3) is 5.56 Å². The van der Waals surface area contributed by atoms with E-state index in [1.165, 1.54) is 10.9 Å². The second-order valence-electron chi connectivity index (χ2n) is 5.54. The molecule has 1 amide bonds. The van der Waals surface area contributed by atoms with Gasteiger partial charge in [-0.2, -0.15) is 23.0 Å². The van der Waals surface area contributed by atoms with Crippen LogP contribution in [0.25, 0.3) is 11.2 Å². The van der Waals surface area contributed by atoms with Crippen molar-refractivity contribution in [3.05, 3.63) is 27.2 Å². The summed E-state index contributed by atoms with van der Waals surface area (Å²) in [5.41, 5.74) is -1.81. The second kappa shape index (κ2) is 5.76. The van der Waals surface area contributed by atoms with E-state index in [9.17, 15) is 27.6 Å². The molecule has 2 aromatic heterocycles. The minimum atomic E-state index is -4.93. The summed E-state index contributed by atoms with van der Waals surface area (Å²) < 4.78 is 39.5. The maximum Gasteiger partial charge on any atom is 0.471 e. The minimum absolute atomic E-state index is 0.0168. The Morgan fingerprint density at radius 1 is 1.32 bits per heavy atom. The van der Waals surface area contributed by atoms with Crippen LogP contribution in [0.15, 0.2) is 15.9 Å². The average molecular weight is 356 g/mol. The van der Waals surface area contributed by atoms with E-state index in [-0.39, 0.29) is 37.1 Å². The van der Waals surface area contributed by atoms with Crippen LogP contribution in [0.1, 0.15) is 18.9 Å². The summed E-state index contributed by atoms with van der Waals surface area (Å²) in [5.74, 6) is -1.90. The number of hydrogen-bond donors (Lipinski definition) is 1. The van der Waals surface area contributed by atoms with Crippen molar-refractivity contribution in [2.24, 2.45) is 0 Å². The lowest BCUT2D eigenvalue weighted by molar-refractivity contribution is -0.186. The fourth-order valence-electron chi connectivity index (χ4n) is 2.93. The Kier molecular flexibility index (Phi) is 3.86. The molecule has 3 rings (SSSR count). The number of carbonyl (C=O) groups excluding carboxylic acids is 1. The number of aromatic amines is 1. The molecule has 0 saturated carbocycles. The van der Waals surface area contributed by atoms with Gasteiger partial charge in [-0.25, -0.2) is 9.78 Å². The molecule has 1 fully saturated rings. The number of alkyl halides is 3. The molecule has 1 N–H and O–H groups in total. The summed E-state index contributed by atoms with van der Waals surface area (Å²) in [5, 5.41) is 9.12. The molecule has 132 valence electrons. The van der Waals surface area contributed by atoms with Gasteiger partial charge in [0, 0.05) is 19.1 Å². The third-order valence-corrected chi connectivity index (χ3v) is 4.11. The Morgan fingerprint density at radius 2 is 1.96 bits per heavy atom. The highest BCUT2D eigenvalue weighted by molar-refractivity contribution is 5.82. The molecule has 2 aromatic rings. The Morgan fingerprint density at radius 3 is 2.52 bits per heavy atom. The zero-order valence-corrected chi connectivity index (χ0v) is 12.6. The number of amides is 1. The molecule has 1 aliphatic rings. The number of aromatic nitrogens is 4. The Bertz CT molecular complexity index is 988. The number of piperidine rings is 1. The van der Waals surface area contributed by atoms with Crippen LogP contribution < -0.4 is 11.2 Å². The molecule has 0 radical (unpaired) electrons. The molecule has 1 aliphatic heterocycles. The van der Waals surface area contributed by atoms with Gasteiger partial charge in [0.1, 0.15) is 0 Å². The SMILES string of the molecule is N#Cn1c(=O)[nH]c(=O)c2ncn(C3CCN(C(=O)C(F)(F)F)CC3)c21. The molecule has 0 aromatic carbocycles. The van der Waals surface area contributed by atoms with E-state index in [0.717, 1.165) is 0 Å². The second-order valence-corrected chi connectivity index (χ2v) is 5.54. The van der Waals surface area contributed by atoms with Crippen LogP contribution in [0.3, 0.4) is 0 Å². The molecule has 25 heavy (non-hydrogen) atoms. The van der Waals surface area contributed by atoms with Gasteiger partial charge in [-0.3, -0.25) is 14.6 Å². The summed E-state index contributed by atoms with van der Waals surface area (Å²) in [4.78, 5) is 41.3. The van der Waals surface area contributed by atoms with E-state index < -0.39 is 29.4 Å². The van der Waals surface area contributed by atoms with Crippen molar-refractivity contribution in [2.45, 2.75) is 25.1 Å². The maximum absolute atomic E-state index is 12.5. The van der Waals surface area contributed by atoms with Crippen LogP contribution in [-0.4, -0.2) is 49.2 Å². The Balaban J connectivity index is 1.93. The van der Waals surface area contributed by atoms with Crippen LogP contribution >= 0.6 is 0 Å². The highest BCUT2D eigenvalue weighted by atomic mass is 19.4. The van der Waals surface area contributed by atoms with Crippen molar-refractivity contribution in [1.82, 2.24) is 24.0 Å². The first-order chi connectivity index (χ1) is 11.7. The first-order valence-corrected chi connectivity index (χ1v) is 7.22. The van der Waals surface area contributed by atoms with Crippen molar-refractivity contribution in [3.8, 4) is 6.19 Å². The molecule has 0 atom stereocenters. The zero-order valence-electron chi connectivity index (χ0n) is 12.6. The quantitative estimate of drug-likeness (QED) is 0.768. The molecular weight excluding hydrogens is 345 g/mol. The summed E-state index contributed by atoms with van der Waals surface area (Å²) in [6.07, 6.45) is -1.69. The van der Waals surface area contributed by atoms with Gasteiger partial charge in [0.15, 0.2) is 17.4 Å². The Labute approximate surface area is 136 Å². The first kappa shape index (κ1) is 16.7. The monoisotopic (exact) mass is 356 g/mol. The molecule has 0 unspecified atom stereocenters. The normalized spacial score (nSPS) is 16.2. The van der Waals surface area contributed by atoms with E-state index in [0.29, 0.717) is 9.47 Å². The van der Waals surface area contributed by atoms with Crippen LogP contribution in [0.5, 0.6) is 0 Å². The van der Waals surface area contributed by atoms with Gasteiger partial charge in [-0.05, 0) is 12.8 Å². The number of fused-ring (bicyclic) bond motifs is 1. The van der Waals surface area contributed by atoms with Crippen LogP contribution in [0, 0.1) is 11.5 Å². The highest BCUT2D eigenvalue weighted by Crippen LogP contribution is 2.28. The number of imidazole rings is 1. The molecular formula is C13H11F3N6O3. The van der Waals surface area contributed by atoms with Crippen LogP contribution in [0.2, 0.25) is 0 Å². The number of likely N-dealkylation sites (tertiary alicyclic amines) is 1. The number of nitrogens with zero attached hydrogens (tertiary/aromatic N) is 5. The van der Waals surface area contributed by atoms with E-state index >= 15 is 0 Å². The average Bonchev–Trinajstić information content (AvgIpc) is 2.99. The molecule has 0 aliphatic carbocycles. The van der Waals surface area contributed by atoms with E-state index in [1.807, 2.05) is 4.98 Å². The topological polar surface area (TPSA) is 117 Å². The summed E-state index contributed by atoms with van der Waals surface area (Å²) >= 11 is 0. The zero-order chi connectivity index (χ0) is 18.4. The third-order valence-electron chi connectivity index (χ3n) is 4.11. The van der Waals surface area contributed by atoms with Gasteiger partial charge in [0.2, 0.25) is 0 Å². The molecule has 0 bridgehead atoms. The standard InChI is InChI=1S/C13H11F3N6O3/c14-13(15,16)11(24)20-3-1-7(2-4-20)22-6-18-8-9(23)19-12(25)21(5-17)10(8)22/h6-7H,1-4H2,(H,19,23,25). The van der Waals surface area contributed by atoms with Crippen molar-refractivity contribution in [3.63, 3.8) is 0 Å². The summed E-state index contributed by atoms with van der Waals surface area (Å²) in [7, 11) is 0. The summed E-state index contributed by atoms with van der Waals surface area (Å²) in [6.45, 7) is -0.273. The van der Waals surface area contributed by atoms with Crippen molar-refractivity contribution >= 4 is 17.1 Å². The fourth-order valence-corrected chi connectivity index (χ4v) is 2.93. The van der Waals surface area contributed by atoms with Crippen LogP contribution in [0.4, 0.5) is 13.2 Å². The van der Waals surface area contributed by atoms with Gasteiger partial charge in [-0.1, -0.05) is 0 Å². The number of halogens is 3. The fraction of sp³-hybridized carbons (Fsp3) is 0.462. The lowest BCUT2D eigenvalue weighted by Gasteiger charge is -2.33. The smallest absolute Gasteiger partial charge is 0.335 e. The van der Waals surface area contributed by atoms with Gasteiger partial charge in [0.05, 0.1) is 6.33 Å². The predicted octanol–water partition coefficient (Wildman–Crippen LogP) is -0.0587. The number of hydrogen-bond acceptors (Lipinski definition) is 5. The van der Waals surface area contributed by atoms with Gasteiger partial charge < -0.3 is 9.47 Å². The van der Waals surface area contributed by atoms with E-state index in [2.05, 4.69) is 4.98 Å². The number of carbonyl (C=O) groups is 1. The highest BCUT2D eigenvalue weighted by Gasteiger charge is 2.43. The van der Waals surface area contributed by atoms with Gasteiger partial charge >= 0.3 is 17.8 Å². The lowest BCUT2D eigenvalue weighted by Crippen LogP contribution is -2.45. The van der Waals surface area contributed by atoms with E-state index in [1.54, 1.807) is 6.19 Å². The van der Waals surface area contributed by atoms with Gasteiger partial charge in [-0.15, -0.1) is 0 Å². The van der Waals surface area contributed by atoms with E-state index in [4.69, 9.17) is 5.26 Å². The number of nitriles is 1. The minimum Gasteiger partial charge on any atom is -0.335 e. The maximum atomic E-state index is 12.5. The molecule has 9 nitrogen and oxygen atoms in total. The Hall–Kier alpha value is -3.10. The molecule has 0 spiro atoms. The lowest BCUT2D eigenvalue weighted by atomic mass is 10.0. The van der Waals surface area contributed by atoms with Crippen molar-refractivity contribution < 1.29 is 18.0 Å². The molecule has 3 heterocycles. The largest absolute Gasteiger partial charge is 0.471 e. The number of nitrogens with one attached hydrogen (secondary N) is 1. The predicted molar refractivity (Wildman–Crippen MR) is 76.5 cm³/mol. The number of rotatable bonds is 1. The van der Waals surface area contributed by atoms with Crippen LogP contribution in [-0.2, 0) is 4.79 Å². The number of H-pyrrole nitrogens is 1. The first-order valence-electron chi connectivity index (χ1n) is 7.22. The summed E-state index contributed by atoms with van der Waals surface area (Å²) in [6, 6.07) is -0.400.